The third kappa shape index (κ3) is 4.06. The van der Waals surface area contributed by atoms with E-state index in [4.69, 9.17) is 11.6 Å². The Balaban J connectivity index is 1.70. The van der Waals surface area contributed by atoms with Crippen LogP contribution in [0.4, 0.5) is 0 Å². The van der Waals surface area contributed by atoms with Crippen LogP contribution in [0.25, 0.3) is 0 Å². The molecule has 134 valence electrons. The number of aryl methyl sites for hydroxylation is 1. The smallest absolute Gasteiger partial charge is 0.253 e. The van der Waals surface area contributed by atoms with Crippen LogP contribution in [0.2, 0.25) is 4.34 Å². The number of hydrogen-bond acceptors (Lipinski definition) is 4. The first kappa shape index (κ1) is 18.4. The lowest BCUT2D eigenvalue weighted by molar-refractivity contribution is -0.124. The molecule has 25 heavy (non-hydrogen) atoms. The van der Waals surface area contributed by atoms with Crippen molar-refractivity contribution in [2.75, 3.05) is 6.54 Å². The zero-order valence-corrected chi connectivity index (χ0v) is 16.1. The highest BCUT2D eigenvalue weighted by Crippen LogP contribution is 2.32. The number of sulfonamides is 1. The van der Waals surface area contributed by atoms with Crippen molar-refractivity contribution in [3.63, 3.8) is 0 Å². The molecule has 2 heterocycles. The van der Waals surface area contributed by atoms with Crippen LogP contribution in [0.3, 0.4) is 0 Å². The molecule has 1 aromatic carbocycles. The molecule has 8 heteroatoms. The van der Waals surface area contributed by atoms with Crippen LogP contribution in [-0.4, -0.2) is 31.2 Å². The monoisotopic (exact) mass is 398 g/mol. The highest BCUT2D eigenvalue weighted by atomic mass is 35.5. The number of nitrogens with zero attached hydrogens (tertiary/aromatic N) is 1. The van der Waals surface area contributed by atoms with Gasteiger partial charge in [-0.2, -0.15) is 4.31 Å². The molecular weight excluding hydrogens is 380 g/mol. The van der Waals surface area contributed by atoms with Crippen molar-refractivity contribution >= 4 is 38.9 Å². The second-order valence-electron chi connectivity index (χ2n) is 6.04. The maximum absolute atomic E-state index is 12.8. The number of hydrogen-bond donors (Lipinski definition) is 1. The molecule has 0 bridgehead atoms. The predicted molar refractivity (Wildman–Crippen MR) is 99.3 cm³/mol. The van der Waals surface area contributed by atoms with Gasteiger partial charge in [0.2, 0.25) is 5.91 Å². The van der Waals surface area contributed by atoms with Crippen LogP contribution in [0, 0.1) is 6.92 Å². The standard InChI is InChI=1S/C17H19ClN2O3S2/c1-12-4-6-13(7-5-12)11-19-17(21)14-3-2-10-20(14)25(22,23)16-9-8-15(18)24-16/h4-9,14H,2-3,10-11H2,1H3,(H,19,21)/t14-/m0/s1. The molecule has 1 amide bonds. The van der Waals surface area contributed by atoms with Gasteiger partial charge in [0.15, 0.2) is 0 Å². The van der Waals surface area contributed by atoms with Gasteiger partial charge in [-0.3, -0.25) is 4.79 Å². The highest BCUT2D eigenvalue weighted by molar-refractivity contribution is 7.91. The average molecular weight is 399 g/mol. The Bertz CT molecular complexity index is 862. The Kier molecular flexibility index (Phi) is 5.48. The number of thiophene rings is 1. The summed E-state index contributed by atoms with van der Waals surface area (Å²) in [7, 11) is -3.69. The number of benzene rings is 1. The van der Waals surface area contributed by atoms with E-state index >= 15 is 0 Å². The second kappa shape index (κ2) is 7.45. The largest absolute Gasteiger partial charge is 0.351 e. The Morgan fingerprint density at radius 1 is 1.28 bits per heavy atom. The van der Waals surface area contributed by atoms with Crippen LogP contribution >= 0.6 is 22.9 Å². The van der Waals surface area contributed by atoms with Gasteiger partial charge < -0.3 is 5.32 Å². The first-order chi connectivity index (χ1) is 11.9. The second-order valence-corrected chi connectivity index (χ2v) is 9.87. The third-order valence-corrected chi connectivity index (χ3v) is 7.81. The number of nitrogens with one attached hydrogen (secondary N) is 1. The van der Waals surface area contributed by atoms with Gasteiger partial charge in [0.1, 0.15) is 10.3 Å². The molecule has 0 spiro atoms. The van der Waals surface area contributed by atoms with E-state index in [1.54, 1.807) is 6.07 Å². The van der Waals surface area contributed by atoms with Crippen LogP contribution in [-0.2, 0) is 21.4 Å². The number of carbonyl (C=O) groups excluding carboxylic acids is 1. The lowest BCUT2D eigenvalue weighted by Crippen LogP contribution is -2.45. The van der Waals surface area contributed by atoms with E-state index in [1.165, 1.54) is 10.4 Å². The first-order valence-electron chi connectivity index (χ1n) is 7.98. The summed E-state index contributed by atoms with van der Waals surface area (Å²) in [5.74, 6) is -0.260. The van der Waals surface area contributed by atoms with Crippen molar-refractivity contribution in [2.24, 2.45) is 0 Å². The van der Waals surface area contributed by atoms with Crippen LogP contribution in [0.15, 0.2) is 40.6 Å². The van der Waals surface area contributed by atoms with Gasteiger partial charge >= 0.3 is 0 Å². The molecule has 1 aliphatic heterocycles. The van der Waals surface area contributed by atoms with E-state index in [9.17, 15) is 13.2 Å². The average Bonchev–Trinajstić information content (AvgIpc) is 3.23. The number of halogens is 1. The molecule has 0 radical (unpaired) electrons. The van der Waals surface area contributed by atoms with Crippen LogP contribution < -0.4 is 5.32 Å². The molecule has 1 N–H and O–H groups in total. The normalized spacial score (nSPS) is 18.4. The maximum atomic E-state index is 12.8. The molecule has 5 nitrogen and oxygen atoms in total. The van der Waals surface area contributed by atoms with Gasteiger partial charge in [0.05, 0.1) is 4.34 Å². The summed E-state index contributed by atoms with van der Waals surface area (Å²) >= 11 is 6.87. The first-order valence-corrected chi connectivity index (χ1v) is 10.6. The van der Waals surface area contributed by atoms with Crippen molar-refractivity contribution in [1.29, 1.82) is 0 Å². The minimum absolute atomic E-state index is 0.177. The molecule has 1 atom stereocenters. The van der Waals surface area contributed by atoms with Crippen molar-refractivity contribution in [1.82, 2.24) is 9.62 Å². The summed E-state index contributed by atoms with van der Waals surface area (Å²) in [5, 5.41) is 2.85. The van der Waals surface area contributed by atoms with E-state index in [1.807, 2.05) is 31.2 Å². The minimum Gasteiger partial charge on any atom is -0.351 e. The molecule has 1 fully saturated rings. The fourth-order valence-corrected chi connectivity index (χ4v) is 6.12. The summed E-state index contributed by atoms with van der Waals surface area (Å²) in [5.41, 5.74) is 2.13. The Labute approximate surface area is 156 Å². The van der Waals surface area contributed by atoms with Gasteiger partial charge in [0, 0.05) is 13.1 Å². The lowest BCUT2D eigenvalue weighted by Gasteiger charge is -2.22. The summed E-state index contributed by atoms with van der Waals surface area (Å²) in [6.45, 7) is 2.73. The van der Waals surface area contributed by atoms with E-state index in [-0.39, 0.29) is 10.1 Å². The van der Waals surface area contributed by atoms with Gasteiger partial charge in [-0.25, -0.2) is 8.42 Å². The minimum atomic E-state index is -3.69. The number of amides is 1. The van der Waals surface area contributed by atoms with Crippen molar-refractivity contribution < 1.29 is 13.2 Å². The molecule has 1 saturated heterocycles. The quantitative estimate of drug-likeness (QED) is 0.841. The molecule has 0 saturated carbocycles. The molecular formula is C17H19ClN2O3S2. The maximum Gasteiger partial charge on any atom is 0.253 e. The van der Waals surface area contributed by atoms with Crippen molar-refractivity contribution in [3.8, 4) is 0 Å². The Morgan fingerprint density at radius 3 is 2.64 bits per heavy atom. The molecule has 1 aliphatic rings. The fourth-order valence-electron chi connectivity index (χ4n) is 2.85. The third-order valence-electron chi connectivity index (χ3n) is 4.21. The molecule has 1 aromatic heterocycles. The molecule has 2 aromatic rings. The number of carbonyl (C=O) groups is 1. The topological polar surface area (TPSA) is 66.5 Å². The van der Waals surface area contributed by atoms with Gasteiger partial charge in [-0.05, 0) is 37.5 Å². The summed E-state index contributed by atoms with van der Waals surface area (Å²) < 4.78 is 27.4. The Hall–Kier alpha value is -1.41. The summed E-state index contributed by atoms with van der Waals surface area (Å²) in [4.78, 5) is 12.5. The van der Waals surface area contributed by atoms with Crippen molar-refractivity contribution in [2.45, 2.75) is 36.6 Å². The molecule has 3 rings (SSSR count). The SMILES string of the molecule is Cc1ccc(CNC(=O)[C@@H]2CCCN2S(=O)(=O)c2ccc(Cl)s2)cc1. The lowest BCUT2D eigenvalue weighted by atomic mass is 10.1. The van der Waals surface area contributed by atoms with E-state index < -0.39 is 16.1 Å². The number of rotatable bonds is 5. The van der Waals surface area contributed by atoms with Crippen molar-refractivity contribution in [3.05, 3.63) is 51.9 Å². The zero-order chi connectivity index (χ0) is 18.0. The van der Waals surface area contributed by atoms with Gasteiger partial charge in [-0.1, -0.05) is 41.4 Å². The predicted octanol–water partition coefficient (Wildman–Crippen LogP) is 3.18. The van der Waals surface area contributed by atoms with E-state index in [2.05, 4.69) is 5.32 Å². The van der Waals surface area contributed by atoms with Gasteiger partial charge in [-0.15, -0.1) is 11.3 Å². The zero-order valence-electron chi connectivity index (χ0n) is 13.7. The molecule has 0 unspecified atom stereocenters. The summed E-state index contributed by atoms with van der Waals surface area (Å²) in [6.07, 6.45) is 1.19. The summed E-state index contributed by atoms with van der Waals surface area (Å²) in [6, 6.07) is 10.2. The van der Waals surface area contributed by atoms with E-state index in [0.717, 1.165) is 22.5 Å². The van der Waals surface area contributed by atoms with E-state index in [0.29, 0.717) is 30.3 Å². The van der Waals surface area contributed by atoms with Crippen LogP contribution in [0.1, 0.15) is 24.0 Å². The van der Waals surface area contributed by atoms with Gasteiger partial charge in [0.25, 0.3) is 10.0 Å². The fraction of sp³-hybridized carbons (Fsp3) is 0.353. The van der Waals surface area contributed by atoms with Crippen LogP contribution in [0.5, 0.6) is 0 Å². The highest BCUT2D eigenvalue weighted by Gasteiger charge is 2.39. The molecule has 0 aliphatic carbocycles. The Morgan fingerprint density at radius 2 is 2.00 bits per heavy atom.